The number of nitrogens with zero attached hydrogens (tertiary/aromatic N) is 1. The van der Waals surface area contributed by atoms with E-state index in [-0.39, 0.29) is 5.97 Å². The molecule has 0 saturated heterocycles. The third-order valence-electron chi connectivity index (χ3n) is 5.83. The quantitative estimate of drug-likeness (QED) is 0.0846. The van der Waals surface area contributed by atoms with Crippen molar-refractivity contribution < 1.29 is 9.53 Å². The number of rotatable bonds is 13. The summed E-state index contributed by atoms with van der Waals surface area (Å²) in [6.45, 7) is 3.88. The van der Waals surface area contributed by atoms with Crippen LogP contribution in [0.1, 0.15) is 42.4 Å². The Morgan fingerprint density at radius 3 is 1.79 bits per heavy atom. The van der Waals surface area contributed by atoms with Crippen LogP contribution in [-0.2, 0) is 28.8 Å². The molecule has 0 aliphatic heterocycles. The fourth-order valence-corrected chi connectivity index (χ4v) is 3.93. The topological polar surface area (TPSA) is 38.7 Å². The lowest BCUT2D eigenvalue weighted by Gasteiger charge is -2.07. The molecule has 0 radical (unpaired) electrons. The predicted molar refractivity (Wildman–Crippen MR) is 144 cm³/mol. The number of hydrogen-bond donors (Lipinski definition) is 0. The van der Waals surface area contributed by atoms with E-state index < -0.39 is 0 Å². The highest BCUT2D eigenvalue weighted by molar-refractivity contribution is 7.78. The van der Waals surface area contributed by atoms with Crippen LogP contribution < -0.4 is 0 Å². The maximum atomic E-state index is 11.0. The number of unbranched alkanes of at least 4 members (excludes halogenated alkanes) is 3. The average Bonchev–Trinajstić information content (AvgIpc) is 2.88. The Morgan fingerprint density at radius 2 is 1.26 bits per heavy atom. The van der Waals surface area contributed by atoms with Crippen LogP contribution in [0.4, 0.5) is 5.69 Å². The molecule has 0 fully saturated rings. The van der Waals surface area contributed by atoms with Gasteiger partial charge in [-0.15, -0.1) is 0 Å². The van der Waals surface area contributed by atoms with Crippen molar-refractivity contribution in [3.63, 3.8) is 0 Å². The zero-order chi connectivity index (χ0) is 24.0. The molecule has 3 rings (SSSR count). The van der Waals surface area contributed by atoms with Crippen LogP contribution >= 0.6 is 12.2 Å². The monoisotopic (exact) mass is 469 g/mol. The van der Waals surface area contributed by atoms with Crippen molar-refractivity contribution >= 4 is 29.0 Å². The van der Waals surface area contributed by atoms with Crippen molar-refractivity contribution in [1.82, 2.24) is 0 Å². The van der Waals surface area contributed by atoms with Crippen molar-refractivity contribution in [2.45, 2.75) is 44.9 Å². The summed E-state index contributed by atoms with van der Waals surface area (Å²) < 4.78 is 5.00. The minimum Gasteiger partial charge on any atom is -0.463 e. The Balaban J connectivity index is 1.40. The number of aliphatic imine (C=N–C) groups is 1. The largest absolute Gasteiger partial charge is 0.463 e. The van der Waals surface area contributed by atoms with Crippen molar-refractivity contribution in [2.75, 3.05) is 6.61 Å². The van der Waals surface area contributed by atoms with Crippen molar-refractivity contribution in [1.29, 1.82) is 0 Å². The lowest BCUT2D eigenvalue weighted by molar-refractivity contribution is -0.137. The Bertz CT molecular complexity index is 1100. The predicted octanol–water partition coefficient (Wildman–Crippen LogP) is 7.71. The van der Waals surface area contributed by atoms with Gasteiger partial charge in [-0.25, -0.2) is 4.79 Å². The highest BCUT2D eigenvalue weighted by Gasteiger charge is 2.02. The smallest absolute Gasteiger partial charge is 0.330 e. The fourth-order valence-electron chi connectivity index (χ4n) is 3.82. The maximum absolute atomic E-state index is 11.0. The molecule has 0 amide bonds. The van der Waals surface area contributed by atoms with Gasteiger partial charge in [0.25, 0.3) is 0 Å². The van der Waals surface area contributed by atoms with Gasteiger partial charge >= 0.3 is 5.97 Å². The van der Waals surface area contributed by atoms with Crippen LogP contribution in [0.5, 0.6) is 0 Å². The first-order chi connectivity index (χ1) is 16.7. The van der Waals surface area contributed by atoms with Crippen molar-refractivity contribution in [2.24, 2.45) is 4.99 Å². The molecule has 0 heterocycles. The zero-order valence-corrected chi connectivity index (χ0v) is 20.4. The summed E-state index contributed by atoms with van der Waals surface area (Å²) in [7, 11) is 0. The molecule has 3 aromatic rings. The van der Waals surface area contributed by atoms with Crippen LogP contribution in [0, 0.1) is 0 Å². The van der Waals surface area contributed by atoms with Crippen LogP contribution in [0.3, 0.4) is 0 Å². The molecule has 4 heteroatoms. The van der Waals surface area contributed by atoms with Crippen LogP contribution in [0.15, 0.2) is 90.4 Å². The first-order valence-electron chi connectivity index (χ1n) is 11.8. The number of esters is 1. The van der Waals surface area contributed by atoms with Gasteiger partial charge in [0.1, 0.15) is 0 Å². The zero-order valence-electron chi connectivity index (χ0n) is 19.5. The lowest BCUT2D eigenvalue weighted by Crippen LogP contribution is -2.01. The summed E-state index contributed by atoms with van der Waals surface area (Å²) in [6, 6.07) is 25.9. The second-order valence-electron chi connectivity index (χ2n) is 8.30. The summed E-state index contributed by atoms with van der Waals surface area (Å²) in [5.41, 5.74) is 7.32. The number of carbonyl (C=O) groups excluding carboxylic acids is 1. The van der Waals surface area contributed by atoms with E-state index in [1.54, 1.807) is 0 Å². The van der Waals surface area contributed by atoms with Gasteiger partial charge < -0.3 is 4.74 Å². The number of carbonyl (C=O) groups is 1. The molecule has 0 aliphatic carbocycles. The molecule has 0 aromatic heterocycles. The summed E-state index contributed by atoms with van der Waals surface area (Å²) >= 11 is 4.65. The van der Waals surface area contributed by atoms with Crippen LogP contribution in [0.25, 0.3) is 11.1 Å². The van der Waals surface area contributed by atoms with E-state index in [2.05, 4.69) is 89.6 Å². The third-order valence-corrected chi connectivity index (χ3v) is 5.92. The molecule has 0 saturated carbocycles. The molecule has 0 bridgehead atoms. The second kappa shape index (κ2) is 14.0. The van der Waals surface area contributed by atoms with Gasteiger partial charge in [0, 0.05) is 6.08 Å². The minimum atomic E-state index is -0.338. The van der Waals surface area contributed by atoms with Gasteiger partial charge in [0.05, 0.1) is 17.5 Å². The van der Waals surface area contributed by atoms with E-state index in [0.717, 1.165) is 50.6 Å². The summed E-state index contributed by atoms with van der Waals surface area (Å²) in [4.78, 5) is 15.0. The normalized spacial score (nSPS) is 10.4. The van der Waals surface area contributed by atoms with E-state index in [9.17, 15) is 4.79 Å². The van der Waals surface area contributed by atoms with Gasteiger partial charge in [-0.1, -0.05) is 80.1 Å². The average molecular weight is 470 g/mol. The standard InChI is InChI=1S/C30H31NO2S/c1-2-30(32)33-22-6-4-3-5-7-24-10-16-27(17-11-24)28-18-12-25(13-19-28)8-9-26-14-20-29(21-15-26)31-23-34/h2,10-21H,1,3-9,22H2. The number of ether oxygens (including phenoxy) is 1. The molecule has 0 aliphatic rings. The summed E-state index contributed by atoms with van der Waals surface area (Å²) in [5.74, 6) is -0.338. The molecular formula is C30H31NO2S. The molecule has 174 valence electrons. The third kappa shape index (κ3) is 8.55. The highest BCUT2D eigenvalue weighted by atomic mass is 32.1. The number of benzene rings is 3. The Hall–Kier alpha value is -3.33. The fraction of sp³-hybridized carbons (Fsp3) is 0.267. The molecule has 0 atom stereocenters. The number of hydrogen-bond acceptors (Lipinski definition) is 4. The van der Waals surface area contributed by atoms with Gasteiger partial charge in [0.2, 0.25) is 0 Å². The highest BCUT2D eigenvalue weighted by Crippen LogP contribution is 2.22. The van der Waals surface area contributed by atoms with E-state index in [1.807, 2.05) is 12.1 Å². The Morgan fingerprint density at radius 1 is 0.765 bits per heavy atom. The van der Waals surface area contributed by atoms with Crippen molar-refractivity contribution in [3.8, 4) is 11.1 Å². The Labute approximate surface area is 208 Å². The summed E-state index contributed by atoms with van der Waals surface area (Å²) in [5, 5.41) is 2.40. The Kier molecular flexibility index (Phi) is 10.4. The molecule has 0 spiro atoms. The van der Waals surface area contributed by atoms with E-state index >= 15 is 0 Å². The maximum Gasteiger partial charge on any atom is 0.330 e. The van der Waals surface area contributed by atoms with E-state index in [4.69, 9.17) is 4.74 Å². The second-order valence-corrected chi connectivity index (χ2v) is 8.48. The molecule has 3 nitrogen and oxygen atoms in total. The van der Waals surface area contributed by atoms with Gasteiger partial charge in [-0.05, 0) is 84.3 Å². The molecule has 0 unspecified atom stereocenters. The molecule has 34 heavy (non-hydrogen) atoms. The number of aryl methyl sites for hydroxylation is 3. The van der Waals surface area contributed by atoms with Gasteiger partial charge in [0.15, 0.2) is 0 Å². The number of thiocarbonyl (C=S) groups is 1. The van der Waals surface area contributed by atoms with Gasteiger partial charge in [-0.2, -0.15) is 4.99 Å². The first-order valence-corrected chi connectivity index (χ1v) is 12.2. The molecule has 3 aromatic carbocycles. The molecule has 0 N–H and O–H groups in total. The van der Waals surface area contributed by atoms with Crippen LogP contribution in [-0.4, -0.2) is 17.7 Å². The lowest BCUT2D eigenvalue weighted by atomic mass is 9.98. The SMILES string of the molecule is C=CC(=O)OCCCCCCc1ccc(-c2ccc(CCc3ccc(N=C=S)cc3)cc2)cc1. The van der Waals surface area contributed by atoms with Crippen molar-refractivity contribution in [3.05, 3.63) is 102 Å². The first kappa shape index (κ1) is 25.3. The van der Waals surface area contributed by atoms with E-state index in [0.29, 0.717) is 6.61 Å². The summed E-state index contributed by atoms with van der Waals surface area (Å²) in [6.07, 6.45) is 8.55. The van der Waals surface area contributed by atoms with E-state index in [1.165, 1.54) is 33.9 Å². The minimum absolute atomic E-state index is 0.338. The van der Waals surface area contributed by atoms with Gasteiger partial charge in [-0.3, -0.25) is 0 Å². The van der Waals surface area contributed by atoms with Crippen LogP contribution in [0.2, 0.25) is 0 Å². The number of isothiocyanates is 1. The molecular weight excluding hydrogens is 438 g/mol.